The molecule has 3 aromatic carbocycles. The van der Waals surface area contributed by atoms with Crippen molar-refractivity contribution in [3.8, 4) is 0 Å². The van der Waals surface area contributed by atoms with Crippen LogP contribution in [0.5, 0.6) is 0 Å². The Morgan fingerprint density at radius 1 is 0.973 bits per heavy atom. The molecule has 1 heterocycles. The minimum atomic E-state index is -2.27. The number of carbonyl (C=O) groups excluding carboxylic acids is 1. The molecule has 37 heavy (non-hydrogen) atoms. The van der Waals surface area contributed by atoms with Gasteiger partial charge in [0.25, 0.3) is 0 Å². The Bertz CT molecular complexity index is 1410. The molecule has 0 bridgehead atoms. The zero-order chi connectivity index (χ0) is 26.4. The first-order chi connectivity index (χ1) is 17.8. The van der Waals surface area contributed by atoms with Crippen LogP contribution in [0.2, 0.25) is 0 Å². The maximum absolute atomic E-state index is 13.2. The van der Waals surface area contributed by atoms with Crippen LogP contribution < -0.4 is 10.4 Å². The molecule has 4 rings (SSSR count). The van der Waals surface area contributed by atoms with E-state index in [-0.39, 0.29) is 12.3 Å². The molecular formula is C29H34N3O4P. The average Bonchev–Trinajstić information content (AvgIpc) is 3.29. The Morgan fingerprint density at radius 2 is 1.70 bits per heavy atom. The van der Waals surface area contributed by atoms with Crippen molar-refractivity contribution in [1.82, 2.24) is 15.4 Å². The van der Waals surface area contributed by atoms with Crippen molar-refractivity contribution in [1.29, 1.82) is 0 Å². The molecule has 0 aliphatic heterocycles. The summed E-state index contributed by atoms with van der Waals surface area (Å²) in [6, 6.07) is 20.1. The lowest BCUT2D eigenvalue weighted by molar-refractivity contribution is -0.142. The molecule has 0 aliphatic rings. The van der Waals surface area contributed by atoms with Crippen molar-refractivity contribution in [2.24, 2.45) is 5.92 Å². The van der Waals surface area contributed by atoms with Crippen molar-refractivity contribution in [2.75, 3.05) is 6.16 Å². The normalized spacial score (nSPS) is 14.0. The van der Waals surface area contributed by atoms with Crippen LogP contribution in [0.15, 0.2) is 72.9 Å². The lowest BCUT2D eigenvalue weighted by Gasteiger charge is -2.22. The summed E-state index contributed by atoms with van der Waals surface area (Å²) in [6.45, 7) is 3.96. The number of aromatic nitrogens is 1. The summed E-state index contributed by atoms with van der Waals surface area (Å²) in [5.41, 5.74) is 2.83. The Kier molecular flexibility index (Phi) is 8.80. The fourth-order valence-electron chi connectivity index (χ4n) is 4.61. The van der Waals surface area contributed by atoms with Gasteiger partial charge in [0.1, 0.15) is 14.0 Å². The van der Waals surface area contributed by atoms with E-state index in [1.54, 1.807) is 6.20 Å². The van der Waals surface area contributed by atoms with Crippen LogP contribution in [-0.4, -0.2) is 40.2 Å². The zero-order valence-electron chi connectivity index (χ0n) is 21.2. The highest BCUT2D eigenvalue weighted by atomic mass is 31.1. The number of carboxylic acids is 1. The summed E-state index contributed by atoms with van der Waals surface area (Å²) in [6.07, 6.45) is 3.43. The first-order valence-corrected chi connectivity index (χ1v) is 14.3. The molecule has 1 amide bonds. The van der Waals surface area contributed by atoms with E-state index >= 15 is 0 Å². The van der Waals surface area contributed by atoms with Crippen LogP contribution in [0.1, 0.15) is 31.4 Å². The summed E-state index contributed by atoms with van der Waals surface area (Å²) in [4.78, 5) is 28.3. The molecule has 0 aliphatic carbocycles. The van der Waals surface area contributed by atoms with Gasteiger partial charge in [0, 0.05) is 29.7 Å². The summed E-state index contributed by atoms with van der Waals surface area (Å²) >= 11 is 0. The molecule has 0 spiro atoms. The van der Waals surface area contributed by atoms with Crippen LogP contribution in [0.3, 0.4) is 0 Å². The molecule has 3 atom stereocenters. The number of carboxylic acid groups (broad SMARTS) is 1. The van der Waals surface area contributed by atoms with Crippen molar-refractivity contribution in [3.05, 3.63) is 84.1 Å². The quantitative estimate of drug-likeness (QED) is 0.193. The Hall–Kier alpha value is -3.41. The second-order valence-electron chi connectivity index (χ2n) is 9.89. The van der Waals surface area contributed by atoms with E-state index in [4.69, 9.17) is 0 Å². The number of carbonyl (C=O) groups is 2. The third-order valence-electron chi connectivity index (χ3n) is 6.53. The number of hydrogen-bond acceptors (Lipinski definition) is 3. The van der Waals surface area contributed by atoms with Gasteiger partial charge in [-0.2, -0.15) is 0 Å². The van der Waals surface area contributed by atoms with Crippen LogP contribution in [0, 0.1) is 5.92 Å². The lowest BCUT2D eigenvalue weighted by atomic mass is 10.0. The maximum atomic E-state index is 13.2. The maximum Gasteiger partial charge on any atom is 0.326 e. The number of amides is 1. The molecule has 8 heteroatoms. The molecule has 0 fully saturated rings. The standard InChI is InChI=1S/C29H34N3O4P/c1-19(2)15-26(32-37(36)14-13-20-11-12-21-7-3-4-8-22(21)16-20)28(33)31-27(29(34)35)17-23-18-30-25-10-6-5-9-24(23)25/h3-12,16,18-19,26-27,30,37H,13-15,17H2,1-2H3,(H,31,33)(H,32,36)(H,34,35)/t26-,27-/m0/s1. The van der Waals surface area contributed by atoms with E-state index in [2.05, 4.69) is 39.7 Å². The van der Waals surface area contributed by atoms with Gasteiger partial charge in [-0.05, 0) is 46.7 Å². The molecule has 7 nitrogen and oxygen atoms in total. The fraction of sp³-hybridized carbons (Fsp3) is 0.310. The minimum Gasteiger partial charge on any atom is -0.480 e. The highest BCUT2D eigenvalue weighted by Gasteiger charge is 2.27. The Morgan fingerprint density at radius 3 is 2.46 bits per heavy atom. The van der Waals surface area contributed by atoms with Crippen molar-refractivity contribution in [3.63, 3.8) is 0 Å². The monoisotopic (exact) mass is 519 g/mol. The molecule has 4 aromatic rings. The van der Waals surface area contributed by atoms with E-state index in [0.717, 1.165) is 32.8 Å². The largest absolute Gasteiger partial charge is 0.480 e. The molecular weight excluding hydrogens is 485 g/mol. The second-order valence-corrected chi connectivity index (χ2v) is 11.5. The van der Waals surface area contributed by atoms with E-state index in [1.807, 2.05) is 56.3 Å². The highest BCUT2D eigenvalue weighted by molar-refractivity contribution is 7.42. The number of H-pyrrole nitrogens is 1. The topological polar surface area (TPSA) is 111 Å². The Balaban J connectivity index is 1.39. The molecule has 0 saturated carbocycles. The number of benzene rings is 3. The summed E-state index contributed by atoms with van der Waals surface area (Å²) in [5.74, 6) is -1.38. The molecule has 1 unspecified atom stereocenters. The van der Waals surface area contributed by atoms with Crippen molar-refractivity contribution < 1.29 is 19.3 Å². The third kappa shape index (κ3) is 7.09. The molecule has 0 saturated heterocycles. The van der Waals surface area contributed by atoms with Gasteiger partial charge < -0.3 is 20.0 Å². The first-order valence-electron chi connectivity index (χ1n) is 12.7. The van der Waals surface area contributed by atoms with E-state index in [1.165, 1.54) is 0 Å². The van der Waals surface area contributed by atoms with E-state index in [0.29, 0.717) is 19.0 Å². The number of fused-ring (bicyclic) bond motifs is 2. The zero-order valence-corrected chi connectivity index (χ0v) is 22.2. The Labute approximate surface area is 217 Å². The second kappa shape index (κ2) is 12.2. The smallest absolute Gasteiger partial charge is 0.326 e. The lowest BCUT2D eigenvalue weighted by Crippen LogP contribution is -2.50. The SMILES string of the molecule is CC(C)C[C@H](N[PH](=O)CCc1ccc2ccccc2c1)C(=O)N[C@@H](Cc1c[nH]c2ccccc12)C(=O)O. The van der Waals surface area contributed by atoms with Crippen molar-refractivity contribution in [2.45, 2.75) is 45.2 Å². The van der Waals surface area contributed by atoms with Gasteiger partial charge in [-0.25, -0.2) is 4.79 Å². The van der Waals surface area contributed by atoms with Crippen LogP contribution in [0.4, 0.5) is 0 Å². The molecule has 194 valence electrons. The van der Waals surface area contributed by atoms with Gasteiger partial charge in [0.15, 0.2) is 0 Å². The average molecular weight is 520 g/mol. The predicted octanol–water partition coefficient (Wildman–Crippen LogP) is 5.15. The molecule has 0 radical (unpaired) electrons. The van der Waals surface area contributed by atoms with Gasteiger partial charge in [0.05, 0.1) is 6.04 Å². The highest BCUT2D eigenvalue weighted by Crippen LogP contribution is 2.23. The van der Waals surface area contributed by atoms with Crippen LogP contribution in [0.25, 0.3) is 21.7 Å². The van der Waals surface area contributed by atoms with Gasteiger partial charge in [-0.1, -0.05) is 74.5 Å². The number of para-hydroxylation sites is 1. The summed E-state index contributed by atoms with van der Waals surface area (Å²) < 4.78 is 13.0. The van der Waals surface area contributed by atoms with Crippen LogP contribution in [-0.2, 0) is 27.0 Å². The number of hydrogen-bond donors (Lipinski definition) is 4. The van der Waals surface area contributed by atoms with Gasteiger partial charge >= 0.3 is 5.97 Å². The van der Waals surface area contributed by atoms with Gasteiger partial charge in [0.2, 0.25) is 5.91 Å². The number of rotatable bonds is 12. The third-order valence-corrected chi connectivity index (χ3v) is 7.90. The molecule has 1 aromatic heterocycles. The number of aryl methyl sites for hydroxylation is 1. The molecule has 4 N–H and O–H groups in total. The summed E-state index contributed by atoms with van der Waals surface area (Å²) in [7, 11) is -2.27. The minimum absolute atomic E-state index is 0.149. The number of aromatic amines is 1. The van der Waals surface area contributed by atoms with Gasteiger partial charge in [-0.15, -0.1) is 0 Å². The summed E-state index contributed by atoms with van der Waals surface area (Å²) in [5, 5.41) is 18.8. The van der Waals surface area contributed by atoms with Crippen LogP contribution >= 0.6 is 7.95 Å². The fourth-order valence-corrected chi connectivity index (χ4v) is 5.91. The predicted molar refractivity (Wildman–Crippen MR) is 149 cm³/mol. The van der Waals surface area contributed by atoms with Crippen molar-refractivity contribution >= 4 is 41.5 Å². The number of nitrogens with one attached hydrogen (secondary N) is 3. The van der Waals surface area contributed by atoms with E-state index < -0.39 is 31.9 Å². The first kappa shape index (κ1) is 26.6. The number of aliphatic carboxylic acids is 1. The van der Waals surface area contributed by atoms with Gasteiger partial charge in [-0.3, -0.25) is 9.88 Å². The van der Waals surface area contributed by atoms with E-state index in [9.17, 15) is 19.3 Å².